The van der Waals surface area contributed by atoms with Gasteiger partial charge in [0.05, 0.1) is 18.0 Å². The fourth-order valence-corrected chi connectivity index (χ4v) is 1.56. The standard InChI is InChI=1S/C12H15N3O4/c1-2-14(8-12(13)17)7-11(16)9-3-5-10(6-4-9)15(18)19/h3-6H,2,7-8H2,1H3,(H2,13,17). The lowest BCUT2D eigenvalue weighted by molar-refractivity contribution is -0.384. The molecule has 1 aromatic carbocycles. The van der Waals surface area contributed by atoms with Crippen molar-refractivity contribution in [3.05, 3.63) is 39.9 Å². The minimum absolute atomic E-state index is 0.00915. The monoisotopic (exact) mass is 265 g/mol. The third-order valence-electron chi connectivity index (χ3n) is 2.59. The predicted molar refractivity (Wildman–Crippen MR) is 68.7 cm³/mol. The number of primary amides is 1. The summed E-state index contributed by atoms with van der Waals surface area (Å²) in [5.41, 5.74) is 5.37. The summed E-state index contributed by atoms with van der Waals surface area (Å²) in [4.78, 5) is 34.3. The van der Waals surface area contributed by atoms with Gasteiger partial charge in [0.25, 0.3) is 5.69 Å². The first-order valence-electron chi connectivity index (χ1n) is 5.72. The molecule has 2 N–H and O–H groups in total. The van der Waals surface area contributed by atoms with Crippen LogP contribution in [0.3, 0.4) is 0 Å². The zero-order valence-electron chi connectivity index (χ0n) is 10.5. The van der Waals surface area contributed by atoms with Crippen LogP contribution in [0, 0.1) is 10.1 Å². The third-order valence-corrected chi connectivity index (χ3v) is 2.59. The maximum absolute atomic E-state index is 11.9. The number of rotatable bonds is 7. The van der Waals surface area contributed by atoms with E-state index in [0.29, 0.717) is 12.1 Å². The van der Waals surface area contributed by atoms with Crippen molar-refractivity contribution in [3.63, 3.8) is 0 Å². The average molecular weight is 265 g/mol. The lowest BCUT2D eigenvalue weighted by Gasteiger charge is -2.17. The van der Waals surface area contributed by atoms with Crippen molar-refractivity contribution in [1.29, 1.82) is 0 Å². The van der Waals surface area contributed by atoms with E-state index in [1.54, 1.807) is 4.90 Å². The molecule has 0 heterocycles. The summed E-state index contributed by atoms with van der Waals surface area (Å²) in [5.74, 6) is -0.712. The Morgan fingerprint density at radius 3 is 2.26 bits per heavy atom. The van der Waals surface area contributed by atoms with Gasteiger partial charge >= 0.3 is 0 Å². The Hall–Kier alpha value is -2.28. The van der Waals surface area contributed by atoms with E-state index in [1.165, 1.54) is 24.3 Å². The van der Waals surface area contributed by atoms with Crippen molar-refractivity contribution < 1.29 is 14.5 Å². The van der Waals surface area contributed by atoms with Gasteiger partial charge in [-0.05, 0) is 18.7 Å². The molecule has 0 saturated carbocycles. The van der Waals surface area contributed by atoms with Crippen molar-refractivity contribution in [2.75, 3.05) is 19.6 Å². The number of carbonyl (C=O) groups excluding carboxylic acids is 2. The molecule has 0 aliphatic carbocycles. The normalized spacial score (nSPS) is 10.4. The molecular formula is C12H15N3O4. The molecule has 0 atom stereocenters. The highest BCUT2D eigenvalue weighted by atomic mass is 16.6. The second kappa shape index (κ2) is 6.60. The molecule has 0 bridgehead atoms. The number of amides is 1. The number of carbonyl (C=O) groups is 2. The van der Waals surface area contributed by atoms with Gasteiger partial charge in [-0.3, -0.25) is 24.6 Å². The summed E-state index contributed by atoms with van der Waals surface area (Å²) in [6.07, 6.45) is 0. The van der Waals surface area contributed by atoms with E-state index >= 15 is 0 Å². The van der Waals surface area contributed by atoms with Crippen LogP contribution in [0.1, 0.15) is 17.3 Å². The minimum atomic E-state index is -0.528. The Bertz CT molecular complexity index is 484. The number of hydrogen-bond acceptors (Lipinski definition) is 5. The lowest BCUT2D eigenvalue weighted by Crippen LogP contribution is -2.37. The highest BCUT2D eigenvalue weighted by molar-refractivity contribution is 5.98. The van der Waals surface area contributed by atoms with E-state index < -0.39 is 10.8 Å². The molecule has 0 saturated heterocycles. The average Bonchev–Trinajstić information content (AvgIpc) is 2.37. The highest BCUT2D eigenvalue weighted by Crippen LogP contribution is 2.12. The molecule has 0 radical (unpaired) electrons. The quantitative estimate of drug-likeness (QED) is 0.441. The number of ketones is 1. The van der Waals surface area contributed by atoms with Crippen LogP contribution >= 0.6 is 0 Å². The first kappa shape index (κ1) is 14.8. The van der Waals surface area contributed by atoms with Crippen LogP contribution in [0.4, 0.5) is 5.69 Å². The molecule has 7 heteroatoms. The zero-order valence-corrected chi connectivity index (χ0v) is 10.5. The summed E-state index contributed by atoms with van der Waals surface area (Å²) in [6, 6.07) is 5.35. The van der Waals surface area contributed by atoms with E-state index in [9.17, 15) is 19.7 Å². The van der Waals surface area contributed by atoms with Crippen LogP contribution in [0.25, 0.3) is 0 Å². The van der Waals surface area contributed by atoms with Gasteiger partial charge < -0.3 is 5.73 Å². The highest BCUT2D eigenvalue weighted by Gasteiger charge is 2.14. The second-order valence-electron chi connectivity index (χ2n) is 4.00. The van der Waals surface area contributed by atoms with Gasteiger partial charge in [-0.25, -0.2) is 0 Å². The Morgan fingerprint density at radius 2 is 1.84 bits per heavy atom. The van der Waals surface area contributed by atoms with Crippen molar-refractivity contribution in [2.45, 2.75) is 6.92 Å². The molecule has 0 aliphatic rings. The molecule has 0 fully saturated rings. The molecule has 0 aromatic heterocycles. The topological polar surface area (TPSA) is 107 Å². The second-order valence-corrected chi connectivity index (χ2v) is 4.00. The largest absolute Gasteiger partial charge is 0.369 e. The molecule has 0 aliphatic heterocycles. The first-order chi connectivity index (χ1) is 8.93. The number of nitrogens with two attached hydrogens (primary N) is 1. The Balaban J connectivity index is 2.71. The van der Waals surface area contributed by atoms with Crippen molar-refractivity contribution >= 4 is 17.4 Å². The van der Waals surface area contributed by atoms with Gasteiger partial charge in [0.15, 0.2) is 5.78 Å². The van der Waals surface area contributed by atoms with E-state index in [-0.39, 0.29) is 24.6 Å². The maximum Gasteiger partial charge on any atom is 0.269 e. The lowest BCUT2D eigenvalue weighted by atomic mass is 10.1. The molecular weight excluding hydrogens is 250 g/mol. The Morgan fingerprint density at radius 1 is 1.26 bits per heavy atom. The van der Waals surface area contributed by atoms with Gasteiger partial charge in [-0.15, -0.1) is 0 Å². The summed E-state index contributed by atoms with van der Waals surface area (Å²) in [5, 5.41) is 10.5. The summed E-state index contributed by atoms with van der Waals surface area (Å²) < 4.78 is 0. The van der Waals surface area contributed by atoms with E-state index in [4.69, 9.17) is 5.73 Å². The molecule has 0 unspecified atom stereocenters. The number of likely N-dealkylation sites (N-methyl/N-ethyl adjacent to an activating group) is 1. The van der Waals surface area contributed by atoms with E-state index in [0.717, 1.165) is 0 Å². The summed E-state index contributed by atoms with van der Waals surface area (Å²) in [6.45, 7) is 2.39. The van der Waals surface area contributed by atoms with Crippen molar-refractivity contribution in [1.82, 2.24) is 4.90 Å². The van der Waals surface area contributed by atoms with E-state index in [1.807, 2.05) is 6.92 Å². The molecule has 19 heavy (non-hydrogen) atoms. The molecule has 102 valence electrons. The minimum Gasteiger partial charge on any atom is -0.369 e. The molecule has 7 nitrogen and oxygen atoms in total. The van der Waals surface area contributed by atoms with Crippen LogP contribution in [-0.2, 0) is 4.79 Å². The number of nitro groups is 1. The molecule has 1 amide bonds. The Labute approximate surface area is 110 Å². The molecule has 1 aromatic rings. The number of non-ortho nitro benzene ring substituents is 1. The Kier molecular flexibility index (Phi) is 5.13. The van der Waals surface area contributed by atoms with E-state index in [2.05, 4.69) is 0 Å². The van der Waals surface area contributed by atoms with Crippen molar-refractivity contribution in [2.24, 2.45) is 5.73 Å². The number of Topliss-reactive ketones (excluding diaryl/α,β-unsaturated/α-hetero) is 1. The zero-order chi connectivity index (χ0) is 14.4. The number of hydrogen-bond donors (Lipinski definition) is 1. The summed E-state index contributed by atoms with van der Waals surface area (Å²) >= 11 is 0. The number of nitro benzene ring substituents is 1. The van der Waals surface area contributed by atoms with Gasteiger partial charge in [0.1, 0.15) is 0 Å². The molecule has 1 rings (SSSR count). The third kappa shape index (κ3) is 4.47. The fraction of sp³-hybridized carbons (Fsp3) is 0.333. The van der Waals surface area contributed by atoms with Gasteiger partial charge in [0, 0.05) is 17.7 Å². The number of nitrogens with zero attached hydrogens (tertiary/aromatic N) is 2. The smallest absolute Gasteiger partial charge is 0.269 e. The van der Waals surface area contributed by atoms with Crippen LogP contribution < -0.4 is 5.73 Å². The van der Waals surface area contributed by atoms with Gasteiger partial charge in [0.2, 0.25) is 5.91 Å². The van der Waals surface area contributed by atoms with Crippen LogP contribution in [0.2, 0.25) is 0 Å². The van der Waals surface area contributed by atoms with Gasteiger partial charge in [-0.1, -0.05) is 6.92 Å². The molecule has 0 spiro atoms. The van der Waals surface area contributed by atoms with Gasteiger partial charge in [-0.2, -0.15) is 0 Å². The van der Waals surface area contributed by atoms with Crippen LogP contribution in [-0.4, -0.2) is 41.1 Å². The predicted octanol–water partition coefficient (Wildman–Crippen LogP) is 0.585. The SMILES string of the molecule is CCN(CC(N)=O)CC(=O)c1ccc([N+](=O)[O-])cc1. The van der Waals surface area contributed by atoms with Crippen molar-refractivity contribution in [3.8, 4) is 0 Å². The number of benzene rings is 1. The summed E-state index contributed by atoms with van der Waals surface area (Å²) in [7, 11) is 0. The fourth-order valence-electron chi connectivity index (χ4n) is 1.56. The maximum atomic E-state index is 11.9. The van der Waals surface area contributed by atoms with Crippen LogP contribution in [0.15, 0.2) is 24.3 Å². The van der Waals surface area contributed by atoms with Crippen LogP contribution in [0.5, 0.6) is 0 Å². The first-order valence-corrected chi connectivity index (χ1v) is 5.72.